The standard InChI is InChI=1S/C21H25B2N5S/c1-2-6-16-12-24-13-19(25-16)28-21(22,23)14-9-10-17-18(11-14)29-20(27-17)26-15-7-4-3-5-8-15/h9-13,15H,3-5,7-8,22-23H2,1H3,(H,25,28)(H,26,27). The number of hydrogen-bond acceptors (Lipinski definition) is 6. The molecule has 0 bridgehead atoms. The Morgan fingerprint density at radius 2 is 1.97 bits per heavy atom. The van der Waals surface area contributed by atoms with Gasteiger partial charge in [-0.15, -0.1) is 0 Å². The number of thiazole rings is 1. The second-order valence-corrected chi connectivity index (χ2v) is 9.13. The Kier molecular flexibility index (Phi) is 5.77. The van der Waals surface area contributed by atoms with E-state index in [0.717, 1.165) is 16.5 Å². The van der Waals surface area contributed by atoms with Crippen LogP contribution in [0.2, 0.25) is 0 Å². The van der Waals surface area contributed by atoms with Crippen molar-refractivity contribution in [1.29, 1.82) is 0 Å². The van der Waals surface area contributed by atoms with Crippen LogP contribution in [0.3, 0.4) is 0 Å². The lowest BCUT2D eigenvalue weighted by Crippen LogP contribution is -2.36. The quantitative estimate of drug-likeness (QED) is 0.509. The third kappa shape index (κ3) is 4.73. The Bertz CT molecular complexity index is 1060. The fourth-order valence-electron chi connectivity index (χ4n) is 3.80. The normalized spacial score (nSPS) is 14.9. The summed E-state index contributed by atoms with van der Waals surface area (Å²) in [6.07, 6.45) is 9.92. The molecule has 0 saturated heterocycles. The first-order chi connectivity index (χ1) is 14.0. The smallest absolute Gasteiger partial charge is 0.184 e. The molecule has 0 atom stereocenters. The van der Waals surface area contributed by atoms with E-state index in [2.05, 4.69) is 66.3 Å². The summed E-state index contributed by atoms with van der Waals surface area (Å²) in [5.41, 5.74) is 2.91. The van der Waals surface area contributed by atoms with Gasteiger partial charge in [0.25, 0.3) is 0 Å². The van der Waals surface area contributed by atoms with Crippen LogP contribution in [0, 0.1) is 11.8 Å². The third-order valence-electron chi connectivity index (χ3n) is 5.37. The van der Waals surface area contributed by atoms with E-state index in [1.807, 2.05) is 0 Å². The van der Waals surface area contributed by atoms with Crippen LogP contribution in [0.25, 0.3) is 10.2 Å². The molecule has 0 aliphatic heterocycles. The van der Waals surface area contributed by atoms with Gasteiger partial charge in [-0.2, -0.15) is 0 Å². The number of nitrogens with one attached hydrogen (secondary N) is 2. The minimum Gasteiger partial charge on any atom is -0.375 e. The molecule has 0 unspecified atom stereocenters. The number of aromatic nitrogens is 3. The van der Waals surface area contributed by atoms with Gasteiger partial charge in [-0.1, -0.05) is 42.6 Å². The highest BCUT2D eigenvalue weighted by atomic mass is 32.1. The molecule has 1 aliphatic rings. The Morgan fingerprint density at radius 1 is 1.14 bits per heavy atom. The van der Waals surface area contributed by atoms with E-state index in [1.165, 1.54) is 42.4 Å². The fourth-order valence-corrected chi connectivity index (χ4v) is 4.79. The molecular weight excluding hydrogens is 376 g/mol. The number of hydrogen-bond donors (Lipinski definition) is 2. The summed E-state index contributed by atoms with van der Waals surface area (Å²) in [7, 11) is 4.30. The summed E-state index contributed by atoms with van der Waals surface area (Å²) in [6.45, 7) is 1.80. The molecule has 146 valence electrons. The molecule has 0 radical (unpaired) electrons. The molecule has 4 rings (SSSR count). The van der Waals surface area contributed by atoms with Crippen LogP contribution in [0.1, 0.15) is 50.3 Å². The van der Waals surface area contributed by atoms with E-state index in [1.54, 1.807) is 30.7 Å². The average molecular weight is 401 g/mol. The van der Waals surface area contributed by atoms with E-state index >= 15 is 0 Å². The van der Waals surface area contributed by atoms with E-state index in [4.69, 9.17) is 4.98 Å². The van der Waals surface area contributed by atoms with Crippen molar-refractivity contribution in [3.05, 3.63) is 41.9 Å². The van der Waals surface area contributed by atoms with Crippen molar-refractivity contribution in [2.75, 3.05) is 10.6 Å². The highest BCUT2D eigenvalue weighted by Crippen LogP contribution is 2.31. The van der Waals surface area contributed by atoms with Crippen LogP contribution in [0.15, 0.2) is 30.6 Å². The highest BCUT2D eigenvalue weighted by Gasteiger charge is 2.22. The van der Waals surface area contributed by atoms with E-state index in [9.17, 15) is 0 Å². The zero-order valence-electron chi connectivity index (χ0n) is 17.2. The lowest BCUT2D eigenvalue weighted by molar-refractivity contribution is 0.462. The second kappa shape index (κ2) is 8.46. The fraction of sp³-hybridized carbons (Fsp3) is 0.381. The summed E-state index contributed by atoms with van der Waals surface area (Å²) in [5, 5.41) is 7.88. The van der Waals surface area contributed by atoms with Crippen molar-refractivity contribution in [3.8, 4) is 11.8 Å². The highest BCUT2D eigenvalue weighted by molar-refractivity contribution is 7.22. The van der Waals surface area contributed by atoms with Crippen molar-refractivity contribution in [2.45, 2.75) is 50.4 Å². The van der Waals surface area contributed by atoms with Gasteiger partial charge in [-0.25, -0.2) is 9.97 Å². The number of fused-ring (bicyclic) bond motifs is 1. The first-order valence-corrected chi connectivity index (χ1v) is 11.1. The van der Waals surface area contributed by atoms with Gasteiger partial charge in [0, 0.05) is 11.4 Å². The lowest BCUT2D eigenvalue weighted by atomic mass is 9.58. The molecule has 0 amide bonds. The Balaban J connectivity index is 1.54. The molecule has 5 nitrogen and oxygen atoms in total. The molecule has 1 fully saturated rings. The second-order valence-electron chi connectivity index (χ2n) is 8.10. The van der Waals surface area contributed by atoms with Crippen molar-refractivity contribution < 1.29 is 0 Å². The Hall–Kier alpha value is -2.52. The van der Waals surface area contributed by atoms with Crippen molar-refractivity contribution in [3.63, 3.8) is 0 Å². The van der Waals surface area contributed by atoms with Gasteiger partial charge in [0.1, 0.15) is 27.2 Å². The van der Waals surface area contributed by atoms with Crippen LogP contribution in [-0.2, 0) is 5.34 Å². The molecule has 0 spiro atoms. The zero-order valence-corrected chi connectivity index (χ0v) is 18.1. The summed E-state index contributed by atoms with van der Waals surface area (Å²) >= 11 is 1.74. The van der Waals surface area contributed by atoms with E-state index in [-0.39, 0.29) is 5.34 Å². The molecule has 3 aromatic rings. The van der Waals surface area contributed by atoms with Crippen molar-refractivity contribution in [2.24, 2.45) is 0 Å². The van der Waals surface area contributed by atoms with Crippen LogP contribution in [-0.4, -0.2) is 36.7 Å². The molecule has 1 aliphatic carbocycles. The SMILES string of the molecule is BC(B)(Nc1cncc(C#CC)n1)c1ccc2nc(NC3CCCCC3)sc2c1. The predicted octanol–water partition coefficient (Wildman–Crippen LogP) is 2.69. The predicted molar refractivity (Wildman–Crippen MR) is 127 cm³/mol. The van der Waals surface area contributed by atoms with E-state index in [0.29, 0.717) is 11.7 Å². The molecule has 1 saturated carbocycles. The summed E-state index contributed by atoms with van der Waals surface area (Å²) in [6, 6.07) is 7.05. The van der Waals surface area contributed by atoms with Crippen molar-refractivity contribution >= 4 is 48.2 Å². The first-order valence-electron chi connectivity index (χ1n) is 10.2. The van der Waals surface area contributed by atoms with Crippen molar-refractivity contribution in [1.82, 2.24) is 15.0 Å². The largest absolute Gasteiger partial charge is 0.375 e. The van der Waals surface area contributed by atoms with Gasteiger partial charge in [-0.05, 0) is 43.4 Å². The molecule has 2 N–H and O–H groups in total. The minimum absolute atomic E-state index is 0.303. The number of rotatable bonds is 5. The minimum atomic E-state index is -0.303. The summed E-state index contributed by atoms with van der Waals surface area (Å²) in [4.78, 5) is 13.6. The maximum atomic E-state index is 4.80. The molecule has 8 heteroatoms. The Morgan fingerprint density at radius 3 is 2.76 bits per heavy atom. The molecular formula is C21H25B2N5S. The van der Waals surface area contributed by atoms with Crippen LogP contribution >= 0.6 is 11.3 Å². The Labute approximate surface area is 178 Å². The first kappa shape index (κ1) is 19.8. The summed E-state index contributed by atoms with van der Waals surface area (Å²) < 4.78 is 1.20. The van der Waals surface area contributed by atoms with Gasteiger partial charge in [0.15, 0.2) is 5.13 Å². The third-order valence-corrected chi connectivity index (χ3v) is 6.32. The number of anilines is 2. The van der Waals surface area contributed by atoms with E-state index < -0.39 is 0 Å². The molecule has 29 heavy (non-hydrogen) atoms. The lowest BCUT2D eigenvalue weighted by Gasteiger charge is -2.28. The van der Waals surface area contributed by atoms with Gasteiger partial charge >= 0.3 is 0 Å². The number of nitrogens with zero attached hydrogens (tertiary/aromatic N) is 3. The van der Waals surface area contributed by atoms with Gasteiger partial charge in [0.05, 0.1) is 22.6 Å². The number of benzene rings is 1. The van der Waals surface area contributed by atoms with Crippen LogP contribution in [0.5, 0.6) is 0 Å². The zero-order chi connectivity index (χ0) is 20.3. The molecule has 2 heterocycles. The van der Waals surface area contributed by atoms with Gasteiger partial charge in [0.2, 0.25) is 0 Å². The maximum Gasteiger partial charge on any atom is 0.184 e. The topological polar surface area (TPSA) is 62.7 Å². The van der Waals surface area contributed by atoms with Crippen LogP contribution in [0.4, 0.5) is 10.9 Å². The van der Waals surface area contributed by atoms with Gasteiger partial charge < -0.3 is 10.6 Å². The van der Waals surface area contributed by atoms with Crippen LogP contribution < -0.4 is 10.6 Å². The molecule has 1 aromatic carbocycles. The monoisotopic (exact) mass is 401 g/mol. The van der Waals surface area contributed by atoms with Gasteiger partial charge in [-0.3, -0.25) is 4.98 Å². The average Bonchev–Trinajstić information content (AvgIpc) is 3.10. The molecule has 2 aromatic heterocycles. The summed E-state index contributed by atoms with van der Waals surface area (Å²) in [5.74, 6) is 6.54. The maximum absolute atomic E-state index is 4.80.